The molecule has 0 spiro atoms. The van der Waals surface area contributed by atoms with Gasteiger partial charge in [-0.05, 0) is 49.3 Å². The second-order valence-electron chi connectivity index (χ2n) is 6.09. The van der Waals surface area contributed by atoms with Crippen LogP contribution >= 0.6 is 34.9 Å². The van der Waals surface area contributed by atoms with E-state index in [-0.39, 0.29) is 5.91 Å². The van der Waals surface area contributed by atoms with Crippen molar-refractivity contribution < 1.29 is 4.79 Å². The van der Waals surface area contributed by atoms with Gasteiger partial charge in [-0.2, -0.15) is 0 Å². The van der Waals surface area contributed by atoms with Gasteiger partial charge in [0.2, 0.25) is 5.91 Å². The summed E-state index contributed by atoms with van der Waals surface area (Å²) in [5.41, 5.74) is 2.07. The summed E-state index contributed by atoms with van der Waals surface area (Å²) in [5.74, 6) is 1.15. The number of aromatic nitrogens is 2. The topological polar surface area (TPSA) is 58.1 Å². The molecule has 1 saturated heterocycles. The lowest BCUT2D eigenvalue weighted by molar-refractivity contribution is -0.113. The number of hydrogen-bond donors (Lipinski definition) is 1. The van der Waals surface area contributed by atoms with Crippen LogP contribution in [0.15, 0.2) is 32.9 Å². The van der Waals surface area contributed by atoms with Crippen molar-refractivity contribution in [3.63, 3.8) is 0 Å². The van der Waals surface area contributed by atoms with Gasteiger partial charge in [0, 0.05) is 24.5 Å². The van der Waals surface area contributed by atoms with Crippen LogP contribution in [-0.4, -0.2) is 41.2 Å². The Labute approximate surface area is 161 Å². The maximum absolute atomic E-state index is 12.1. The van der Waals surface area contributed by atoms with Crippen molar-refractivity contribution in [2.24, 2.45) is 5.92 Å². The minimum Gasteiger partial charge on any atom is -0.372 e. The number of nitrogens with one attached hydrogen (secondary N) is 1. The molecule has 5 nitrogen and oxygen atoms in total. The van der Waals surface area contributed by atoms with E-state index in [1.807, 2.05) is 18.4 Å². The third-order valence-corrected chi connectivity index (χ3v) is 7.22. The fourth-order valence-corrected chi connectivity index (χ4v) is 4.92. The lowest BCUT2D eigenvalue weighted by atomic mass is 9.99. The molecular formula is C17H22N4OS3. The Morgan fingerprint density at radius 1 is 1.24 bits per heavy atom. The largest absolute Gasteiger partial charge is 0.372 e. The molecule has 0 radical (unpaired) electrons. The Morgan fingerprint density at radius 2 is 1.92 bits per heavy atom. The summed E-state index contributed by atoms with van der Waals surface area (Å²) in [6.07, 6.45) is 4.47. The van der Waals surface area contributed by atoms with Crippen molar-refractivity contribution >= 4 is 52.1 Å². The van der Waals surface area contributed by atoms with Crippen LogP contribution < -0.4 is 10.2 Å². The van der Waals surface area contributed by atoms with Gasteiger partial charge in [0.05, 0.1) is 5.75 Å². The first kappa shape index (κ1) is 18.5. The lowest BCUT2D eigenvalue weighted by Gasteiger charge is -2.32. The van der Waals surface area contributed by atoms with E-state index in [2.05, 4.69) is 39.5 Å². The van der Waals surface area contributed by atoms with Crippen LogP contribution in [0.3, 0.4) is 0 Å². The molecule has 0 aliphatic carbocycles. The zero-order valence-electron chi connectivity index (χ0n) is 14.4. The summed E-state index contributed by atoms with van der Waals surface area (Å²) >= 11 is 4.51. The quantitative estimate of drug-likeness (QED) is 0.740. The molecule has 1 amide bonds. The first-order valence-corrected chi connectivity index (χ1v) is 11.3. The van der Waals surface area contributed by atoms with Crippen molar-refractivity contribution in [1.29, 1.82) is 0 Å². The average molecular weight is 395 g/mol. The van der Waals surface area contributed by atoms with E-state index in [0.717, 1.165) is 33.4 Å². The number of nitrogens with zero attached hydrogens (tertiary/aromatic N) is 3. The van der Waals surface area contributed by atoms with E-state index in [4.69, 9.17) is 0 Å². The summed E-state index contributed by atoms with van der Waals surface area (Å²) in [6, 6.07) is 8.14. The minimum atomic E-state index is -0.0227. The molecule has 0 saturated carbocycles. The zero-order chi connectivity index (χ0) is 17.6. The first-order chi connectivity index (χ1) is 12.1. The summed E-state index contributed by atoms with van der Waals surface area (Å²) < 4.78 is 1.75. The van der Waals surface area contributed by atoms with Gasteiger partial charge in [0.1, 0.15) is 0 Å². The number of carbonyl (C=O) groups excluding carboxylic acids is 1. The molecule has 1 aliphatic heterocycles. The Bertz CT molecular complexity index is 696. The number of benzene rings is 1. The van der Waals surface area contributed by atoms with Gasteiger partial charge < -0.3 is 10.2 Å². The molecule has 1 aromatic carbocycles. The molecule has 0 bridgehead atoms. The fraction of sp³-hybridized carbons (Fsp3) is 0.471. The maximum atomic E-state index is 12.1. The summed E-state index contributed by atoms with van der Waals surface area (Å²) in [5, 5.41) is 11.0. The zero-order valence-corrected chi connectivity index (χ0v) is 16.8. The average Bonchev–Trinajstić information content (AvgIpc) is 3.10. The number of piperidine rings is 1. The number of thioether (sulfide) groups is 2. The van der Waals surface area contributed by atoms with Gasteiger partial charge in [0.15, 0.2) is 8.68 Å². The Morgan fingerprint density at radius 3 is 2.56 bits per heavy atom. The van der Waals surface area contributed by atoms with Crippen molar-refractivity contribution in [2.75, 3.05) is 35.3 Å². The Kier molecular flexibility index (Phi) is 6.61. The van der Waals surface area contributed by atoms with E-state index in [0.29, 0.717) is 5.75 Å². The van der Waals surface area contributed by atoms with Crippen LogP contribution in [0.1, 0.15) is 19.8 Å². The summed E-state index contributed by atoms with van der Waals surface area (Å²) in [4.78, 5) is 14.5. The summed E-state index contributed by atoms with van der Waals surface area (Å²) in [7, 11) is 0. The molecule has 8 heteroatoms. The molecule has 2 aromatic rings. The highest BCUT2D eigenvalue weighted by Crippen LogP contribution is 2.28. The highest BCUT2D eigenvalue weighted by Gasteiger charge is 2.16. The summed E-state index contributed by atoms with van der Waals surface area (Å²) in [6.45, 7) is 4.55. The standard InChI is InChI=1S/C17H22N4OS3/c1-12-7-9-21(10-8-12)14-5-3-13(4-6-14)18-15(22)11-24-17-20-19-16(23-2)25-17/h3-6,12H,7-11H2,1-2H3,(H,18,22). The Hall–Kier alpha value is -1.25. The molecule has 2 heterocycles. The van der Waals surface area contributed by atoms with Crippen LogP contribution in [0.5, 0.6) is 0 Å². The second-order valence-corrected chi connectivity index (χ2v) is 9.34. The smallest absolute Gasteiger partial charge is 0.234 e. The number of hydrogen-bond acceptors (Lipinski definition) is 7. The van der Waals surface area contributed by atoms with E-state index in [1.165, 1.54) is 41.6 Å². The highest BCUT2D eigenvalue weighted by molar-refractivity contribution is 8.03. The third kappa shape index (κ3) is 5.36. The minimum absolute atomic E-state index is 0.0227. The number of carbonyl (C=O) groups is 1. The first-order valence-electron chi connectivity index (χ1n) is 8.29. The van der Waals surface area contributed by atoms with Crippen molar-refractivity contribution in [3.05, 3.63) is 24.3 Å². The van der Waals surface area contributed by atoms with E-state index < -0.39 is 0 Å². The van der Waals surface area contributed by atoms with Gasteiger partial charge in [-0.25, -0.2) is 0 Å². The van der Waals surface area contributed by atoms with Crippen molar-refractivity contribution in [1.82, 2.24) is 10.2 Å². The van der Waals surface area contributed by atoms with Crippen LogP contribution in [-0.2, 0) is 4.79 Å². The molecule has 1 aromatic heterocycles. The monoisotopic (exact) mass is 394 g/mol. The van der Waals surface area contributed by atoms with Gasteiger partial charge >= 0.3 is 0 Å². The van der Waals surface area contributed by atoms with Gasteiger partial charge in [-0.1, -0.05) is 41.8 Å². The maximum Gasteiger partial charge on any atom is 0.234 e. The molecule has 25 heavy (non-hydrogen) atoms. The van der Waals surface area contributed by atoms with Crippen molar-refractivity contribution in [2.45, 2.75) is 28.4 Å². The van der Waals surface area contributed by atoms with E-state index >= 15 is 0 Å². The molecule has 1 N–H and O–H groups in total. The number of amides is 1. The van der Waals surface area contributed by atoms with Crippen LogP contribution in [0, 0.1) is 5.92 Å². The van der Waals surface area contributed by atoms with E-state index in [1.54, 1.807) is 11.8 Å². The van der Waals surface area contributed by atoms with Crippen molar-refractivity contribution in [3.8, 4) is 0 Å². The molecule has 0 unspecified atom stereocenters. The third-order valence-electron chi connectivity index (χ3n) is 4.19. The van der Waals surface area contributed by atoms with Gasteiger partial charge in [0.25, 0.3) is 0 Å². The Balaban J connectivity index is 1.48. The molecule has 1 aliphatic rings. The fourth-order valence-electron chi connectivity index (χ4n) is 2.68. The number of rotatable bonds is 6. The lowest BCUT2D eigenvalue weighted by Crippen LogP contribution is -2.32. The normalized spacial score (nSPS) is 15.4. The van der Waals surface area contributed by atoms with Gasteiger partial charge in [-0.3, -0.25) is 4.79 Å². The highest BCUT2D eigenvalue weighted by atomic mass is 32.2. The molecule has 1 fully saturated rings. The second kappa shape index (κ2) is 8.91. The van der Waals surface area contributed by atoms with Crippen LogP contribution in [0.2, 0.25) is 0 Å². The predicted octanol–water partition coefficient (Wildman–Crippen LogP) is 4.23. The molecular weight excluding hydrogens is 372 g/mol. The van der Waals surface area contributed by atoms with Crippen LogP contribution in [0.4, 0.5) is 11.4 Å². The van der Waals surface area contributed by atoms with E-state index in [9.17, 15) is 4.79 Å². The molecule has 0 atom stereocenters. The van der Waals surface area contributed by atoms with Gasteiger partial charge in [-0.15, -0.1) is 10.2 Å². The number of anilines is 2. The predicted molar refractivity (Wildman–Crippen MR) is 108 cm³/mol. The molecule has 134 valence electrons. The SMILES string of the molecule is CSc1nnc(SCC(=O)Nc2ccc(N3CCC(C)CC3)cc2)s1. The van der Waals surface area contributed by atoms with Crippen LogP contribution in [0.25, 0.3) is 0 Å². The molecule has 3 rings (SSSR count).